The van der Waals surface area contributed by atoms with Gasteiger partial charge in [0.05, 0.1) is 11.1 Å². The van der Waals surface area contributed by atoms with Gasteiger partial charge in [-0.15, -0.1) is 0 Å². The maximum atomic E-state index is 12.1. The van der Waals surface area contributed by atoms with Gasteiger partial charge in [0.2, 0.25) is 0 Å². The maximum absolute atomic E-state index is 12.1. The number of hydrogen-bond donors (Lipinski definition) is 1. The second-order valence-electron chi connectivity index (χ2n) is 5.74. The van der Waals surface area contributed by atoms with Crippen LogP contribution in [-0.4, -0.2) is 29.3 Å². The molecule has 0 fully saturated rings. The fourth-order valence-corrected chi connectivity index (χ4v) is 1.88. The van der Waals surface area contributed by atoms with Gasteiger partial charge in [-0.2, -0.15) is 0 Å². The van der Waals surface area contributed by atoms with Gasteiger partial charge in [-0.3, -0.25) is 14.5 Å². The molecule has 2 amide bonds. The van der Waals surface area contributed by atoms with E-state index in [0.29, 0.717) is 11.1 Å². The monoisotopic (exact) mass is 246 g/mol. The predicted molar refractivity (Wildman–Crippen MR) is 69.2 cm³/mol. The van der Waals surface area contributed by atoms with Crippen LogP contribution in [0.25, 0.3) is 0 Å². The summed E-state index contributed by atoms with van der Waals surface area (Å²) in [6.07, 6.45) is 0. The number of hydrogen-bond acceptors (Lipinski definition) is 3. The van der Waals surface area contributed by atoms with Gasteiger partial charge in [0, 0.05) is 12.6 Å². The standard InChI is InChI=1S/C14H18N2O2/c1-14(2,3)11(15)8-16-12(17)9-6-4-5-7-10(9)13(16)18/h4-7,11H,8,15H2,1-3H3/t11-/m0/s1. The van der Waals surface area contributed by atoms with Crippen molar-refractivity contribution in [3.8, 4) is 0 Å². The quantitative estimate of drug-likeness (QED) is 0.807. The van der Waals surface area contributed by atoms with Crippen LogP contribution in [0, 0.1) is 5.41 Å². The topological polar surface area (TPSA) is 63.4 Å². The first-order valence-corrected chi connectivity index (χ1v) is 6.03. The molecule has 0 saturated carbocycles. The summed E-state index contributed by atoms with van der Waals surface area (Å²) in [5, 5.41) is 0. The van der Waals surface area contributed by atoms with Gasteiger partial charge >= 0.3 is 0 Å². The van der Waals surface area contributed by atoms with E-state index >= 15 is 0 Å². The third kappa shape index (κ3) is 2.04. The first-order valence-electron chi connectivity index (χ1n) is 6.03. The molecular formula is C14H18N2O2. The van der Waals surface area contributed by atoms with E-state index in [-0.39, 0.29) is 29.8 Å². The minimum absolute atomic E-state index is 0.144. The second-order valence-corrected chi connectivity index (χ2v) is 5.74. The molecule has 0 unspecified atom stereocenters. The second kappa shape index (κ2) is 4.21. The van der Waals surface area contributed by atoms with Crippen molar-refractivity contribution >= 4 is 11.8 Å². The zero-order valence-corrected chi connectivity index (χ0v) is 10.9. The van der Waals surface area contributed by atoms with Crippen molar-refractivity contribution in [1.82, 2.24) is 4.90 Å². The highest BCUT2D eigenvalue weighted by molar-refractivity contribution is 6.21. The van der Waals surface area contributed by atoms with Crippen LogP contribution < -0.4 is 5.73 Å². The fourth-order valence-electron chi connectivity index (χ4n) is 1.88. The summed E-state index contributed by atoms with van der Waals surface area (Å²) in [6.45, 7) is 6.25. The van der Waals surface area contributed by atoms with Crippen LogP contribution in [0.5, 0.6) is 0 Å². The average molecular weight is 246 g/mol. The van der Waals surface area contributed by atoms with Gasteiger partial charge in [-0.05, 0) is 17.5 Å². The highest BCUT2D eigenvalue weighted by Gasteiger charge is 2.37. The van der Waals surface area contributed by atoms with Crippen LogP contribution in [-0.2, 0) is 0 Å². The number of fused-ring (bicyclic) bond motifs is 1. The van der Waals surface area contributed by atoms with Crippen LogP contribution in [0.15, 0.2) is 24.3 Å². The fraction of sp³-hybridized carbons (Fsp3) is 0.429. The van der Waals surface area contributed by atoms with E-state index < -0.39 is 0 Å². The van der Waals surface area contributed by atoms with Crippen LogP contribution in [0.1, 0.15) is 41.5 Å². The van der Waals surface area contributed by atoms with Gasteiger partial charge in [0.1, 0.15) is 0 Å². The van der Waals surface area contributed by atoms with Gasteiger partial charge in [0.25, 0.3) is 11.8 Å². The Hall–Kier alpha value is -1.68. The minimum atomic E-state index is -0.240. The predicted octanol–water partition coefficient (Wildman–Crippen LogP) is 1.66. The van der Waals surface area contributed by atoms with E-state index in [1.54, 1.807) is 24.3 Å². The van der Waals surface area contributed by atoms with Crippen LogP contribution >= 0.6 is 0 Å². The summed E-state index contributed by atoms with van der Waals surface area (Å²) in [7, 11) is 0. The molecule has 96 valence electrons. The van der Waals surface area contributed by atoms with Crippen molar-refractivity contribution in [2.24, 2.45) is 11.1 Å². The molecule has 1 aliphatic heterocycles. The van der Waals surface area contributed by atoms with Crippen molar-refractivity contribution in [2.75, 3.05) is 6.54 Å². The number of carbonyl (C=O) groups is 2. The molecule has 0 aliphatic carbocycles. The van der Waals surface area contributed by atoms with Crippen molar-refractivity contribution in [3.05, 3.63) is 35.4 Å². The van der Waals surface area contributed by atoms with Crippen molar-refractivity contribution < 1.29 is 9.59 Å². The first-order chi connectivity index (χ1) is 8.32. The van der Waals surface area contributed by atoms with E-state index in [4.69, 9.17) is 5.73 Å². The van der Waals surface area contributed by atoms with Crippen LogP contribution in [0.3, 0.4) is 0 Å². The number of amides is 2. The Bertz CT molecular complexity index is 468. The molecule has 2 N–H and O–H groups in total. The van der Waals surface area contributed by atoms with E-state index in [1.165, 1.54) is 4.90 Å². The maximum Gasteiger partial charge on any atom is 0.261 e. The highest BCUT2D eigenvalue weighted by atomic mass is 16.2. The number of imide groups is 1. The number of benzene rings is 1. The smallest absolute Gasteiger partial charge is 0.261 e. The molecule has 0 saturated heterocycles. The molecule has 0 aromatic heterocycles. The van der Waals surface area contributed by atoms with Crippen LogP contribution in [0.2, 0.25) is 0 Å². The summed E-state index contributed by atoms with van der Waals surface area (Å²) in [6, 6.07) is 6.64. The average Bonchev–Trinajstić information content (AvgIpc) is 2.54. The molecule has 4 nitrogen and oxygen atoms in total. The normalized spacial score (nSPS) is 17.0. The molecular weight excluding hydrogens is 228 g/mol. The summed E-state index contributed by atoms with van der Waals surface area (Å²) < 4.78 is 0. The van der Waals surface area contributed by atoms with Gasteiger partial charge in [0.15, 0.2) is 0 Å². The molecule has 0 spiro atoms. The number of nitrogens with two attached hydrogens (primary N) is 1. The Kier molecular flexibility index (Phi) is 2.99. The molecule has 1 aromatic carbocycles. The molecule has 1 aromatic rings. The molecule has 0 radical (unpaired) electrons. The number of carbonyl (C=O) groups excluding carboxylic acids is 2. The van der Waals surface area contributed by atoms with E-state index in [0.717, 1.165) is 0 Å². The van der Waals surface area contributed by atoms with Crippen molar-refractivity contribution in [1.29, 1.82) is 0 Å². The Morgan fingerprint density at radius 1 is 1.11 bits per heavy atom. The van der Waals surface area contributed by atoms with Crippen LogP contribution in [0.4, 0.5) is 0 Å². The lowest BCUT2D eigenvalue weighted by atomic mass is 9.87. The molecule has 1 atom stereocenters. The highest BCUT2D eigenvalue weighted by Crippen LogP contribution is 2.25. The first kappa shape index (κ1) is 12.8. The van der Waals surface area contributed by atoms with E-state index in [1.807, 2.05) is 20.8 Å². The van der Waals surface area contributed by atoms with E-state index in [9.17, 15) is 9.59 Å². The van der Waals surface area contributed by atoms with Gasteiger partial charge < -0.3 is 5.73 Å². The number of rotatable bonds is 2. The Morgan fingerprint density at radius 2 is 1.56 bits per heavy atom. The summed E-state index contributed by atoms with van der Waals surface area (Å²) in [5.41, 5.74) is 6.85. The summed E-state index contributed by atoms with van der Waals surface area (Å²) in [5.74, 6) is -0.481. The number of nitrogens with zero attached hydrogens (tertiary/aromatic N) is 1. The summed E-state index contributed by atoms with van der Waals surface area (Å²) >= 11 is 0. The largest absolute Gasteiger partial charge is 0.326 e. The summed E-state index contributed by atoms with van der Waals surface area (Å²) in [4.78, 5) is 25.5. The Balaban J connectivity index is 2.24. The Morgan fingerprint density at radius 3 is 1.94 bits per heavy atom. The van der Waals surface area contributed by atoms with Gasteiger partial charge in [-0.25, -0.2) is 0 Å². The third-order valence-corrected chi connectivity index (χ3v) is 3.37. The zero-order chi connectivity index (χ0) is 13.5. The minimum Gasteiger partial charge on any atom is -0.326 e. The lowest BCUT2D eigenvalue weighted by molar-refractivity contribution is 0.0623. The lowest BCUT2D eigenvalue weighted by Gasteiger charge is -2.29. The molecule has 1 heterocycles. The zero-order valence-electron chi connectivity index (χ0n) is 10.9. The van der Waals surface area contributed by atoms with Crippen molar-refractivity contribution in [3.63, 3.8) is 0 Å². The molecule has 4 heteroatoms. The SMILES string of the molecule is CC(C)(C)[C@@H](N)CN1C(=O)c2ccccc2C1=O. The lowest BCUT2D eigenvalue weighted by Crippen LogP contribution is -2.47. The molecule has 1 aliphatic rings. The van der Waals surface area contributed by atoms with Gasteiger partial charge in [-0.1, -0.05) is 32.9 Å². The Labute approximate surface area is 107 Å². The molecule has 2 rings (SSSR count). The molecule has 0 bridgehead atoms. The third-order valence-electron chi connectivity index (χ3n) is 3.37. The van der Waals surface area contributed by atoms with E-state index in [2.05, 4.69) is 0 Å². The van der Waals surface area contributed by atoms with Crippen molar-refractivity contribution in [2.45, 2.75) is 26.8 Å². The molecule has 18 heavy (non-hydrogen) atoms.